The Hall–Kier alpha value is -1.63. The molecule has 0 aliphatic carbocycles. The number of anilines is 1. The molecule has 4 nitrogen and oxygen atoms in total. The second-order valence-electron chi connectivity index (χ2n) is 4.49. The van der Waals surface area contributed by atoms with Crippen molar-refractivity contribution in [2.75, 3.05) is 4.72 Å². The average molecular weight is 329 g/mol. The third-order valence-corrected chi connectivity index (χ3v) is 4.34. The van der Waals surface area contributed by atoms with Crippen molar-refractivity contribution in [1.82, 2.24) is 0 Å². The van der Waals surface area contributed by atoms with Crippen LogP contribution in [0, 0.1) is 5.82 Å². The van der Waals surface area contributed by atoms with Gasteiger partial charge >= 0.3 is 0 Å². The maximum atomic E-state index is 13.7. The largest absolute Gasteiger partial charge is 0.326 e. The number of benzene rings is 2. The normalized spacial score (nSPS) is 11.4. The monoisotopic (exact) mass is 328 g/mol. The topological polar surface area (TPSA) is 72.2 Å². The van der Waals surface area contributed by atoms with Gasteiger partial charge in [-0.1, -0.05) is 41.9 Å². The molecule has 112 valence electrons. The summed E-state index contributed by atoms with van der Waals surface area (Å²) < 4.78 is 40.1. The first-order chi connectivity index (χ1) is 9.91. The summed E-state index contributed by atoms with van der Waals surface area (Å²) >= 11 is 5.62. The molecule has 7 heteroatoms. The Balaban J connectivity index is 2.20. The highest BCUT2D eigenvalue weighted by Crippen LogP contribution is 2.23. The van der Waals surface area contributed by atoms with Crippen molar-refractivity contribution in [3.63, 3.8) is 0 Å². The zero-order valence-electron chi connectivity index (χ0n) is 11.0. The molecule has 0 saturated heterocycles. The van der Waals surface area contributed by atoms with E-state index in [1.54, 1.807) is 24.3 Å². The molecule has 3 N–H and O–H groups in total. The van der Waals surface area contributed by atoms with Gasteiger partial charge in [0.15, 0.2) is 5.82 Å². The lowest BCUT2D eigenvalue weighted by molar-refractivity contribution is 0.598. The van der Waals surface area contributed by atoms with Gasteiger partial charge in [0.1, 0.15) is 0 Å². The number of hydrogen-bond donors (Lipinski definition) is 2. The van der Waals surface area contributed by atoms with E-state index in [2.05, 4.69) is 4.72 Å². The van der Waals surface area contributed by atoms with Gasteiger partial charge in [0.05, 0.1) is 16.5 Å². The number of nitrogens with one attached hydrogen (secondary N) is 1. The average Bonchev–Trinajstić information content (AvgIpc) is 2.43. The number of nitrogens with two attached hydrogens (primary N) is 1. The Labute approximate surface area is 127 Å². The minimum atomic E-state index is -3.74. The summed E-state index contributed by atoms with van der Waals surface area (Å²) in [4.78, 5) is 0. The molecule has 0 fully saturated rings. The Morgan fingerprint density at radius 3 is 2.52 bits per heavy atom. The highest BCUT2D eigenvalue weighted by Gasteiger charge is 2.15. The van der Waals surface area contributed by atoms with Crippen molar-refractivity contribution < 1.29 is 12.8 Å². The second kappa shape index (κ2) is 6.43. The first-order valence-electron chi connectivity index (χ1n) is 6.13. The molecule has 0 radical (unpaired) electrons. The van der Waals surface area contributed by atoms with Crippen molar-refractivity contribution in [2.45, 2.75) is 12.3 Å². The fourth-order valence-corrected chi connectivity index (χ4v) is 3.21. The second-order valence-corrected chi connectivity index (χ2v) is 6.62. The van der Waals surface area contributed by atoms with Crippen molar-refractivity contribution in [3.8, 4) is 0 Å². The van der Waals surface area contributed by atoms with E-state index in [-0.39, 0.29) is 16.5 Å². The summed E-state index contributed by atoms with van der Waals surface area (Å²) in [6.07, 6.45) is 0. The van der Waals surface area contributed by atoms with Crippen molar-refractivity contribution in [3.05, 3.63) is 64.4 Å². The lowest BCUT2D eigenvalue weighted by atomic mass is 10.1. The molecule has 0 amide bonds. The molecule has 2 aromatic carbocycles. The smallest absolute Gasteiger partial charge is 0.237 e. The van der Waals surface area contributed by atoms with Gasteiger partial charge in [-0.3, -0.25) is 4.72 Å². The van der Waals surface area contributed by atoms with Gasteiger partial charge in [-0.15, -0.1) is 0 Å². The highest BCUT2D eigenvalue weighted by molar-refractivity contribution is 7.91. The van der Waals surface area contributed by atoms with Gasteiger partial charge in [0, 0.05) is 6.54 Å². The van der Waals surface area contributed by atoms with Crippen molar-refractivity contribution in [2.24, 2.45) is 5.73 Å². The Morgan fingerprint density at radius 1 is 1.14 bits per heavy atom. The van der Waals surface area contributed by atoms with Crippen LogP contribution in [-0.4, -0.2) is 8.42 Å². The van der Waals surface area contributed by atoms with E-state index in [0.717, 1.165) is 5.56 Å². The maximum absolute atomic E-state index is 13.7. The van der Waals surface area contributed by atoms with E-state index in [1.165, 1.54) is 18.2 Å². The van der Waals surface area contributed by atoms with Crippen molar-refractivity contribution >= 4 is 27.3 Å². The van der Waals surface area contributed by atoms with Gasteiger partial charge in [0.2, 0.25) is 10.0 Å². The maximum Gasteiger partial charge on any atom is 0.237 e. The van der Waals surface area contributed by atoms with Crippen LogP contribution >= 0.6 is 11.6 Å². The quantitative estimate of drug-likeness (QED) is 0.886. The van der Waals surface area contributed by atoms with E-state index in [4.69, 9.17) is 17.3 Å². The molecule has 0 aliphatic rings. The molecular formula is C14H14ClFN2O2S. The van der Waals surface area contributed by atoms with Crippen LogP contribution in [0.4, 0.5) is 10.1 Å². The van der Waals surface area contributed by atoms with Crippen LogP contribution in [0.5, 0.6) is 0 Å². The molecule has 0 unspecified atom stereocenters. The van der Waals surface area contributed by atoms with E-state index >= 15 is 0 Å². The van der Waals surface area contributed by atoms with Gasteiger partial charge < -0.3 is 5.73 Å². The standard InChI is InChI=1S/C14H14ClFN2O2S/c15-12-5-2-6-13(14(12)16)18-21(19,20)9-11-4-1-3-10(7-11)8-17/h1-7,18H,8-9,17H2. The van der Waals surface area contributed by atoms with Crippen LogP contribution in [-0.2, 0) is 22.3 Å². The number of sulfonamides is 1. The molecule has 2 aromatic rings. The molecule has 0 saturated carbocycles. The van der Waals surface area contributed by atoms with E-state index in [0.29, 0.717) is 12.1 Å². The predicted molar refractivity (Wildman–Crippen MR) is 82.0 cm³/mol. The van der Waals surface area contributed by atoms with Gasteiger partial charge in [-0.05, 0) is 23.3 Å². The lowest BCUT2D eigenvalue weighted by Crippen LogP contribution is -2.16. The predicted octanol–water partition coefficient (Wildman–Crippen LogP) is 2.88. The molecule has 21 heavy (non-hydrogen) atoms. The zero-order valence-corrected chi connectivity index (χ0v) is 12.6. The molecule has 0 aliphatic heterocycles. The summed E-state index contributed by atoms with van der Waals surface area (Å²) in [5, 5.41) is -0.139. The lowest BCUT2D eigenvalue weighted by Gasteiger charge is -2.10. The molecule has 2 rings (SSSR count). The molecule has 0 bridgehead atoms. The summed E-state index contributed by atoms with van der Waals surface area (Å²) in [5.74, 6) is -1.06. The summed E-state index contributed by atoms with van der Waals surface area (Å²) in [6.45, 7) is 0.324. The highest BCUT2D eigenvalue weighted by atomic mass is 35.5. The molecule has 0 heterocycles. The van der Waals surface area contributed by atoms with Crippen LogP contribution < -0.4 is 10.5 Å². The third-order valence-electron chi connectivity index (χ3n) is 2.80. The minimum absolute atomic E-state index is 0.139. The van der Waals surface area contributed by atoms with E-state index in [1.807, 2.05) is 0 Å². The fraction of sp³-hybridized carbons (Fsp3) is 0.143. The number of hydrogen-bond acceptors (Lipinski definition) is 3. The van der Waals surface area contributed by atoms with Crippen LogP contribution in [0.15, 0.2) is 42.5 Å². The summed E-state index contributed by atoms with van der Waals surface area (Å²) in [5.41, 5.74) is 6.75. The van der Waals surface area contributed by atoms with E-state index < -0.39 is 15.8 Å². The van der Waals surface area contributed by atoms with Gasteiger partial charge in [-0.25, -0.2) is 12.8 Å². The zero-order chi connectivity index (χ0) is 15.5. The first kappa shape index (κ1) is 15.8. The van der Waals surface area contributed by atoms with E-state index in [9.17, 15) is 12.8 Å². The third kappa shape index (κ3) is 4.17. The molecule has 0 atom stereocenters. The minimum Gasteiger partial charge on any atom is -0.326 e. The number of rotatable bonds is 5. The van der Waals surface area contributed by atoms with Crippen LogP contribution in [0.25, 0.3) is 0 Å². The first-order valence-corrected chi connectivity index (χ1v) is 8.17. The van der Waals surface area contributed by atoms with Crippen molar-refractivity contribution in [1.29, 1.82) is 0 Å². The SMILES string of the molecule is NCc1cccc(CS(=O)(=O)Nc2cccc(Cl)c2F)c1. The molecule has 0 aromatic heterocycles. The van der Waals surface area contributed by atoms with Crippen LogP contribution in [0.1, 0.15) is 11.1 Å². The Kier molecular flexibility index (Phi) is 4.82. The summed E-state index contributed by atoms with van der Waals surface area (Å²) in [6, 6.07) is 11.0. The van der Waals surface area contributed by atoms with Crippen LogP contribution in [0.2, 0.25) is 5.02 Å². The van der Waals surface area contributed by atoms with Gasteiger partial charge in [0.25, 0.3) is 0 Å². The Bertz CT molecular complexity index is 750. The van der Waals surface area contributed by atoms with Crippen LogP contribution in [0.3, 0.4) is 0 Å². The molecule has 0 spiro atoms. The summed E-state index contributed by atoms with van der Waals surface area (Å²) in [7, 11) is -3.74. The van der Waals surface area contributed by atoms with Gasteiger partial charge in [-0.2, -0.15) is 0 Å². The molecular weight excluding hydrogens is 315 g/mol. The number of halogens is 2. The Morgan fingerprint density at radius 2 is 1.81 bits per heavy atom. The fourth-order valence-electron chi connectivity index (χ4n) is 1.85.